The number of hydrogen-bond donors (Lipinski definition) is 1. The Balaban J connectivity index is 2.05. The quantitative estimate of drug-likeness (QED) is 0.926. The summed E-state index contributed by atoms with van der Waals surface area (Å²) >= 11 is 7.63. The Morgan fingerprint density at radius 1 is 1.33 bits per heavy atom. The Morgan fingerprint density at radius 3 is 2.94 bits per heavy atom. The topological polar surface area (TPSA) is 21.3 Å². The molecule has 0 radical (unpaired) electrons. The largest absolute Gasteiger partial charge is 0.493 e. The zero-order valence-electron chi connectivity index (χ0n) is 10.1. The smallest absolute Gasteiger partial charge is 0.127 e. The van der Waals surface area contributed by atoms with Crippen LogP contribution in [0.15, 0.2) is 30.3 Å². The van der Waals surface area contributed by atoms with Crippen LogP contribution in [0.2, 0.25) is 4.34 Å². The van der Waals surface area contributed by atoms with Crippen molar-refractivity contribution in [2.45, 2.75) is 12.5 Å². The summed E-state index contributed by atoms with van der Waals surface area (Å²) in [5.41, 5.74) is 2.50. The predicted molar refractivity (Wildman–Crippen MR) is 75.9 cm³/mol. The molecule has 1 aliphatic heterocycles. The molecule has 0 saturated carbocycles. The van der Waals surface area contributed by atoms with Gasteiger partial charge in [-0.1, -0.05) is 29.8 Å². The van der Waals surface area contributed by atoms with E-state index in [2.05, 4.69) is 29.6 Å². The Kier molecular flexibility index (Phi) is 3.29. The molecule has 2 nitrogen and oxygen atoms in total. The van der Waals surface area contributed by atoms with Gasteiger partial charge in [-0.2, -0.15) is 0 Å². The van der Waals surface area contributed by atoms with Crippen LogP contribution >= 0.6 is 22.9 Å². The first-order valence-corrected chi connectivity index (χ1v) is 7.16. The average molecular weight is 280 g/mol. The van der Waals surface area contributed by atoms with Crippen LogP contribution in [0.3, 0.4) is 0 Å². The van der Waals surface area contributed by atoms with Gasteiger partial charge in [0.1, 0.15) is 5.75 Å². The molecule has 0 aliphatic carbocycles. The summed E-state index contributed by atoms with van der Waals surface area (Å²) in [4.78, 5) is 1.21. The molecule has 0 bridgehead atoms. The molecule has 0 saturated heterocycles. The van der Waals surface area contributed by atoms with Crippen LogP contribution in [-0.2, 0) is 6.42 Å². The number of thiophene rings is 1. The highest BCUT2D eigenvalue weighted by molar-refractivity contribution is 7.16. The highest BCUT2D eigenvalue weighted by atomic mass is 35.5. The monoisotopic (exact) mass is 279 g/mol. The first kappa shape index (κ1) is 12.0. The minimum atomic E-state index is 0.149. The zero-order chi connectivity index (χ0) is 12.5. The highest BCUT2D eigenvalue weighted by Crippen LogP contribution is 2.38. The van der Waals surface area contributed by atoms with Crippen molar-refractivity contribution in [3.05, 3.63) is 50.7 Å². The lowest BCUT2D eigenvalue weighted by Gasteiger charge is -2.18. The second-order valence-corrected chi connectivity index (χ2v) is 6.04. The van der Waals surface area contributed by atoms with Crippen molar-refractivity contribution in [1.29, 1.82) is 0 Å². The van der Waals surface area contributed by atoms with Crippen LogP contribution in [0.5, 0.6) is 5.75 Å². The summed E-state index contributed by atoms with van der Waals surface area (Å²) in [5, 5.41) is 3.35. The predicted octanol–water partition coefficient (Wildman–Crippen LogP) is 3.65. The third-order valence-electron chi connectivity index (χ3n) is 3.22. The van der Waals surface area contributed by atoms with E-state index in [0.29, 0.717) is 0 Å². The molecule has 1 aromatic heterocycles. The van der Waals surface area contributed by atoms with Crippen molar-refractivity contribution >= 4 is 22.9 Å². The van der Waals surface area contributed by atoms with Gasteiger partial charge in [0.25, 0.3) is 0 Å². The second-order valence-electron chi connectivity index (χ2n) is 4.30. The summed E-state index contributed by atoms with van der Waals surface area (Å²) in [6.45, 7) is 0.786. The highest BCUT2D eigenvalue weighted by Gasteiger charge is 2.23. The molecule has 4 heteroatoms. The number of hydrogen-bond acceptors (Lipinski definition) is 3. The van der Waals surface area contributed by atoms with Crippen molar-refractivity contribution in [2.75, 3.05) is 13.7 Å². The lowest BCUT2D eigenvalue weighted by atomic mass is 10.0. The Bertz CT molecular complexity index is 567. The summed E-state index contributed by atoms with van der Waals surface area (Å²) in [7, 11) is 1.96. The molecule has 18 heavy (non-hydrogen) atoms. The van der Waals surface area contributed by atoms with E-state index in [0.717, 1.165) is 23.1 Å². The van der Waals surface area contributed by atoms with Crippen LogP contribution in [0.25, 0.3) is 0 Å². The minimum absolute atomic E-state index is 0.149. The van der Waals surface area contributed by atoms with Gasteiger partial charge in [-0.25, -0.2) is 0 Å². The van der Waals surface area contributed by atoms with E-state index in [1.54, 1.807) is 11.3 Å². The Labute approximate surface area is 116 Å². The Morgan fingerprint density at radius 2 is 2.22 bits per heavy atom. The van der Waals surface area contributed by atoms with Crippen LogP contribution in [0.1, 0.15) is 22.0 Å². The molecule has 94 valence electrons. The number of fused-ring (bicyclic) bond motifs is 1. The first-order chi connectivity index (χ1) is 8.79. The van der Waals surface area contributed by atoms with Crippen molar-refractivity contribution in [3.8, 4) is 5.75 Å². The molecule has 1 unspecified atom stereocenters. The summed E-state index contributed by atoms with van der Waals surface area (Å²) in [5.74, 6) is 1.04. The van der Waals surface area contributed by atoms with E-state index in [1.807, 2.05) is 13.1 Å². The first-order valence-electron chi connectivity index (χ1n) is 5.96. The molecule has 0 amide bonds. The zero-order valence-corrected chi connectivity index (χ0v) is 11.6. The molecule has 0 fully saturated rings. The summed E-state index contributed by atoms with van der Waals surface area (Å²) in [6, 6.07) is 10.5. The third-order valence-corrected chi connectivity index (χ3v) is 4.52. The molecule has 1 aromatic carbocycles. The van der Waals surface area contributed by atoms with E-state index in [1.165, 1.54) is 16.0 Å². The maximum absolute atomic E-state index is 6.03. The molecular weight excluding hydrogens is 266 g/mol. The Hall–Kier alpha value is -1.03. The normalized spacial score (nSPS) is 15.2. The number of rotatable bonds is 3. The van der Waals surface area contributed by atoms with Gasteiger partial charge in [0.05, 0.1) is 17.0 Å². The molecule has 1 atom stereocenters. The minimum Gasteiger partial charge on any atom is -0.493 e. The van der Waals surface area contributed by atoms with Crippen LogP contribution in [0.4, 0.5) is 0 Å². The number of ether oxygens (including phenoxy) is 1. The fraction of sp³-hybridized carbons (Fsp3) is 0.286. The van der Waals surface area contributed by atoms with Crippen LogP contribution in [0, 0.1) is 0 Å². The van der Waals surface area contributed by atoms with Crippen molar-refractivity contribution in [2.24, 2.45) is 0 Å². The third kappa shape index (κ3) is 2.03. The SMILES string of the molecule is CNC(c1ccc(Cl)s1)c1cccc2c1OCC2. The van der Waals surface area contributed by atoms with Crippen molar-refractivity contribution < 1.29 is 4.74 Å². The van der Waals surface area contributed by atoms with Gasteiger partial charge in [0.2, 0.25) is 0 Å². The number of benzene rings is 1. The summed E-state index contributed by atoms with van der Waals surface area (Å²) in [6.07, 6.45) is 1.00. The lowest BCUT2D eigenvalue weighted by Crippen LogP contribution is -2.17. The van der Waals surface area contributed by atoms with Gasteiger partial charge in [0.15, 0.2) is 0 Å². The standard InChI is InChI=1S/C14H14ClNOS/c1-16-13(11-5-6-12(15)18-11)10-4-2-3-9-7-8-17-14(9)10/h2-6,13,16H,7-8H2,1H3. The van der Waals surface area contributed by atoms with Gasteiger partial charge in [0, 0.05) is 16.9 Å². The summed E-state index contributed by atoms with van der Waals surface area (Å²) < 4.78 is 6.59. The van der Waals surface area contributed by atoms with E-state index >= 15 is 0 Å². The van der Waals surface area contributed by atoms with E-state index in [9.17, 15) is 0 Å². The number of nitrogens with one attached hydrogen (secondary N) is 1. The number of halogens is 1. The molecule has 1 aliphatic rings. The average Bonchev–Trinajstić information content (AvgIpc) is 2.99. The maximum Gasteiger partial charge on any atom is 0.127 e. The van der Waals surface area contributed by atoms with Gasteiger partial charge < -0.3 is 10.1 Å². The van der Waals surface area contributed by atoms with E-state index in [-0.39, 0.29) is 6.04 Å². The molecule has 2 heterocycles. The fourth-order valence-electron chi connectivity index (χ4n) is 2.40. The molecule has 0 spiro atoms. The molecule has 1 N–H and O–H groups in total. The van der Waals surface area contributed by atoms with Gasteiger partial charge >= 0.3 is 0 Å². The molecule has 2 aromatic rings. The van der Waals surface area contributed by atoms with E-state index < -0.39 is 0 Å². The fourth-order valence-corrected chi connectivity index (χ4v) is 3.59. The van der Waals surface area contributed by atoms with Gasteiger partial charge in [-0.15, -0.1) is 11.3 Å². The van der Waals surface area contributed by atoms with Crippen LogP contribution < -0.4 is 10.1 Å². The van der Waals surface area contributed by atoms with E-state index in [4.69, 9.17) is 16.3 Å². The van der Waals surface area contributed by atoms with Crippen molar-refractivity contribution in [3.63, 3.8) is 0 Å². The molecule has 3 rings (SSSR count). The van der Waals surface area contributed by atoms with Crippen molar-refractivity contribution in [1.82, 2.24) is 5.32 Å². The number of para-hydroxylation sites is 1. The van der Waals surface area contributed by atoms with Gasteiger partial charge in [-0.05, 0) is 24.7 Å². The van der Waals surface area contributed by atoms with Gasteiger partial charge in [-0.3, -0.25) is 0 Å². The molecular formula is C14H14ClNOS. The lowest BCUT2D eigenvalue weighted by molar-refractivity contribution is 0.351. The van der Waals surface area contributed by atoms with Crippen LogP contribution in [-0.4, -0.2) is 13.7 Å². The maximum atomic E-state index is 6.03. The second kappa shape index (κ2) is 4.92.